The fourth-order valence-electron chi connectivity index (χ4n) is 2.37. The number of nitrogens with two attached hydrogens (primary N) is 1. The van der Waals surface area contributed by atoms with E-state index in [9.17, 15) is 4.39 Å². The van der Waals surface area contributed by atoms with Crippen LogP contribution in [-0.2, 0) is 13.1 Å². The summed E-state index contributed by atoms with van der Waals surface area (Å²) in [6, 6.07) is 5.60. The number of hydrogen-bond acceptors (Lipinski definition) is 3. The van der Waals surface area contributed by atoms with Crippen LogP contribution in [0.5, 0.6) is 0 Å². The average molecular weight is 292 g/mol. The number of hydrogen-bond donors (Lipinski definition) is 1. The van der Waals surface area contributed by atoms with E-state index in [1.165, 1.54) is 6.07 Å². The Kier molecular flexibility index (Phi) is 4.91. The topological polar surface area (TPSA) is 29.3 Å². The number of nitrogens with zero attached hydrogens (tertiary/aromatic N) is 1. The minimum Gasteiger partial charge on any atom is -0.326 e. The Bertz CT molecular complexity index is 604. The second-order valence-corrected chi connectivity index (χ2v) is 6.27. The summed E-state index contributed by atoms with van der Waals surface area (Å²) < 4.78 is 15.1. The first-order valence-electron chi connectivity index (χ1n) is 6.82. The van der Waals surface area contributed by atoms with E-state index in [4.69, 9.17) is 5.73 Å². The van der Waals surface area contributed by atoms with Crippen LogP contribution in [0.2, 0.25) is 0 Å². The quantitative estimate of drug-likeness (QED) is 0.818. The molecule has 0 saturated carbocycles. The zero-order chi connectivity index (χ0) is 14.7. The van der Waals surface area contributed by atoms with E-state index in [1.807, 2.05) is 12.1 Å². The Morgan fingerprint density at radius 1 is 1.45 bits per heavy atom. The van der Waals surface area contributed by atoms with Gasteiger partial charge in [-0.25, -0.2) is 4.39 Å². The van der Waals surface area contributed by atoms with Crippen molar-refractivity contribution in [2.24, 2.45) is 5.73 Å². The lowest BCUT2D eigenvalue weighted by Crippen LogP contribution is -2.30. The van der Waals surface area contributed by atoms with Gasteiger partial charge in [0.1, 0.15) is 5.82 Å². The second-order valence-electron chi connectivity index (χ2n) is 5.13. The number of fused-ring (bicyclic) bond motifs is 1. The molecular weight excluding hydrogens is 271 g/mol. The summed E-state index contributed by atoms with van der Waals surface area (Å²) in [6.45, 7) is 10.0. The number of rotatable bonds is 6. The molecule has 0 aliphatic heterocycles. The van der Waals surface area contributed by atoms with Crippen LogP contribution in [0.15, 0.2) is 30.9 Å². The molecule has 0 saturated heterocycles. The molecule has 4 heteroatoms. The maximum Gasteiger partial charge on any atom is 0.132 e. The molecule has 0 bridgehead atoms. The van der Waals surface area contributed by atoms with Crippen molar-refractivity contribution in [2.45, 2.75) is 33.0 Å². The van der Waals surface area contributed by atoms with Gasteiger partial charge in [-0.15, -0.1) is 17.9 Å². The minimum atomic E-state index is -0.157. The van der Waals surface area contributed by atoms with Gasteiger partial charge < -0.3 is 5.73 Å². The lowest BCUT2D eigenvalue weighted by atomic mass is 10.1. The first-order chi connectivity index (χ1) is 9.58. The third-order valence-electron chi connectivity index (χ3n) is 3.49. The van der Waals surface area contributed by atoms with Gasteiger partial charge in [0.2, 0.25) is 0 Å². The molecule has 0 amide bonds. The minimum absolute atomic E-state index is 0.157. The van der Waals surface area contributed by atoms with Crippen LogP contribution in [0.25, 0.3) is 10.1 Å². The van der Waals surface area contributed by atoms with Crippen LogP contribution in [-0.4, -0.2) is 17.5 Å². The molecule has 1 heterocycles. The highest BCUT2D eigenvalue weighted by molar-refractivity contribution is 7.19. The van der Waals surface area contributed by atoms with Gasteiger partial charge in [-0.3, -0.25) is 4.90 Å². The molecule has 2 nitrogen and oxygen atoms in total. The van der Waals surface area contributed by atoms with Gasteiger partial charge in [-0.2, -0.15) is 0 Å². The van der Waals surface area contributed by atoms with Crippen molar-refractivity contribution in [2.75, 3.05) is 6.54 Å². The summed E-state index contributed by atoms with van der Waals surface area (Å²) in [4.78, 5) is 3.33. The van der Waals surface area contributed by atoms with E-state index in [1.54, 1.807) is 17.4 Å². The maximum absolute atomic E-state index is 14.2. The number of benzene rings is 1. The molecule has 0 spiro atoms. The molecule has 0 aliphatic carbocycles. The van der Waals surface area contributed by atoms with Crippen molar-refractivity contribution >= 4 is 21.4 Å². The molecular formula is C16H21FN2S. The van der Waals surface area contributed by atoms with Gasteiger partial charge in [0.05, 0.1) is 0 Å². The smallest absolute Gasteiger partial charge is 0.132 e. The Morgan fingerprint density at radius 2 is 2.20 bits per heavy atom. The van der Waals surface area contributed by atoms with Crippen molar-refractivity contribution in [3.63, 3.8) is 0 Å². The predicted octanol–water partition coefficient (Wildman–Crippen LogP) is 3.90. The van der Waals surface area contributed by atoms with Crippen molar-refractivity contribution in [3.05, 3.63) is 47.1 Å². The van der Waals surface area contributed by atoms with Gasteiger partial charge in [-0.1, -0.05) is 12.1 Å². The molecule has 0 unspecified atom stereocenters. The zero-order valence-corrected chi connectivity index (χ0v) is 12.8. The molecule has 1 aromatic carbocycles. The molecule has 0 radical (unpaired) electrons. The fraction of sp³-hybridized carbons (Fsp3) is 0.375. The predicted molar refractivity (Wildman–Crippen MR) is 85.4 cm³/mol. The molecule has 0 atom stereocenters. The summed E-state index contributed by atoms with van der Waals surface area (Å²) in [5.41, 5.74) is 6.87. The highest BCUT2D eigenvalue weighted by atomic mass is 32.1. The van der Waals surface area contributed by atoms with E-state index in [-0.39, 0.29) is 5.82 Å². The normalized spacial score (nSPS) is 11.7. The molecule has 0 aliphatic rings. The summed E-state index contributed by atoms with van der Waals surface area (Å²) in [7, 11) is 0. The average Bonchev–Trinajstić information content (AvgIpc) is 2.77. The van der Waals surface area contributed by atoms with E-state index in [0.717, 1.165) is 27.1 Å². The van der Waals surface area contributed by atoms with Crippen molar-refractivity contribution in [1.82, 2.24) is 4.90 Å². The number of thiophene rings is 1. The van der Waals surface area contributed by atoms with E-state index >= 15 is 0 Å². The standard InChI is InChI=1S/C16H21FN2S/c1-4-8-19(11(2)3)10-12-15(9-18)20-14-7-5-6-13(17)16(12)14/h4-7,11H,1,8-10,18H2,2-3H3. The van der Waals surface area contributed by atoms with Gasteiger partial charge in [0, 0.05) is 40.6 Å². The third-order valence-corrected chi connectivity index (χ3v) is 4.71. The highest BCUT2D eigenvalue weighted by Gasteiger charge is 2.18. The maximum atomic E-state index is 14.2. The van der Waals surface area contributed by atoms with Gasteiger partial charge in [0.15, 0.2) is 0 Å². The zero-order valence-electron chi connectivity index (χ0n) is 12.0. The summed E-state index contributed by atoms with van der Waals surface area (Å²) in [6.07, 6.45) is 1.88. The molecule has 2 rings (SSSR count). The largest absolute Gasteiger partial charge is 0.326 e. The molecule has 20 heavy (non-hydrogen) atoms. The van der Waals surface area contributed by atoms with Gasteiger partial charge in [0.25, 0.3) is 0 Å². The van der Waals surface area contributed by atoms with Crippen LogP contribution in [0.1, 0.15) is 24.3 Å². The van der Waals surface area contributed by atoms with Crippen molar-refractivity contribution < 1.29 is 4.39 Å². The van der Waals surface area contributed by atoms with Crippen molar-refractivity contribution in [1.29, 1.82) is 0 Å². The Balaban J connectivity index is 2.48. The Hall–Kier alpha value is -1.23. The van der Waals surface area contributed by atoms with E-state index in [2.05, 4.69) is 25.3 Å². The summed E-state index contributed by atoms with van der Waals surface area (Å²) >= 11 is 1.59. The number of halogens is 1. The fourth-order valence-corrected chi connectivity index (χ4v) is 3.48. The molecule has 2 aromatic rings. The van der Waals surface area contributed by atoms with Gasteiger partial charge >= 0.3 is 0 Å². The van der Waals surface area contributed by atoms with Crippen molar-refractivity contribution in [3.8, 4) is 0 Å². The summed E-state index contributed by atoms with van der Waals surface area (Å²) in [5.74, 6) is -0.157. The second kappa shape index (κ2) is 6.48. The van der Waals surface area contributed by atoms with Crippen LogP contribution >= 0.6 is 11.3 Å². The monoisotopic (exact) mass is 292 g/mol. The van der Waals surface area contributed by atoms with E-state index < -0.39 is 0 Å². The van der Waals surface area contributed by atoms with E-state index in [0.29, 0.717) is 19.1 Å². The van der Waals surface area contributed by atoms with Crippen LogP contribution in [0.4, 0.5) is 4.39 Å². The van der Waals surface area contributed by atoms with Crippen LogP contribution in [0, 0.1) is 5.82 Å². The highest BCUT2D eigenvalue weighted by Crippen LogP contribution is 2.34. The summed E-state index contributed by atoms with van der Waals surface area (Å²) in [5, 5.41) is 0.729. The Morgan fingerprint density at radius 3 is 2.80 bits per heavy atom. The SMILES string of the molecule is C=CCN(Cc1c(CN)sc2cccc(F)c12)C(C)C. The lowest BCUT2D eigenvalue weighted by Gasteiger charge is -2.25. The van der Waals surface area contributed by atoms with Gasteiger partial charge in [-0.05, 0) is 31.5 Å². The molecule has 108 valence electrons. The Labute approximate surface area is 123 Å². The molecule has 0 fully saturated rings. The first kappa shape index (κ1) is 15.2. The van der Waals surface area contributed by atoms with Crippen LogP contribution < -0.4 is 5.73 Å². The molecule has 2 N–H and O–H groups in total. The lowest BCUT2D eigenvalue weighted by molar-refractivity contribution is 0.238. The van der Waals surface area contributed by atoms with Crippen LogP contribution in [0.3, 0.4) is 0 Å². The first-order valence-corrected chi connectivity index (χ1v) is 7.63. The third kappa shape index (κ3) is 2.92. The molecule has 1 aromatic heterocycles.